The fourth-order valence-corrected chi connectivity index (χ4v) is 2.50. The molecule has 108 valence electrons. The highest BCUT2D eigenvalue weighted by Crippen LogP contribution is 2.31. The number of morpholine rings is 1. The van der Waals surface area contributed by atoms with Gasteiger partial charge in [-0.25, -0.2) is 0 Å². The number of rotatable bonds is 3. The molecule has 2 atom stereocenters. The van der Waals surface area contributed by atoms with Crippen molar-refractivity contribution in [3.63, 3.8) is 0 Å². The first-order valence-corrected chi connectivity index (χ1v) is 6.67. The Morgan fingerprint density at radius 1 is 1.30 bits per heavy atom. The Kier molecular flexibility index (Phi) is 3.75. The largest absolute Gasteiger partial charge is 0.486 e. The molecular formula is C14H17NO5. The molecule has 1 N–H and O–H groups in total. The van der Waals surface area contributed by atoms with Gasteiger partial charge in [-0.15, -0.1) is 0 Å². The van der Waals surface area contributed by atoms with Crippen molar-refractivity contribution in [2.45, 2.75) is 12.1 Å². The van der Waals surface area contributed by atoms with Crippen LogP contribution in [0.2, 0.25) is 0 Å². The summed E-state index contributed by atoms with van der Waals surface area (Å²) in [5.74, 6) is 0.589. The van der Waals surface area contributed by atoms with Gasteiger partial charge >= 0.3 is 5.97 Å². The average Bonchev–Trinajstić information content (AvgIpc) is 2.47. The standard InChI is InChI=1S/C14H17NO5/c16-14(17)11-9-18-6-5-15(11)7-10-8-19-12-3-1-2-4-13(12)20-10/h1-4,10-11H,5-9H2,(H,16,17). The lowest BCUT2D eigenvalue weighted by atomic mass is 10.2. The molecule has 0 aromatic heterocycles. The van der Waals surface area contributed by atoms with Crippen LogP contribution in [0, 0.1) is 0 Å². The van der Waals surface area contributed by atoms with Crippen LogP contribution in [0.1, 0.15) is 0 Å². The molecule has 2 aliphatic heterocycles. The van der Waals surface area contributed by atoms with Gasteiger partial charge in [-0.3, -0.25) is 9.69 Å². The summed E-state index contributed by atoms with van der Waals surface area (Å²) < 4.78 is 16.7. The van der Waals surface area contributed by atoms with E-state index in [1.165, 1.54) is 0 Å². The van der Waals surface area contributed by atoms with Gasteiger partial charge in [0, 0.05) is 13.1 Å². The summed E-state index contributed by atoms with van der Waals surface area (Å²) in [6.45, 7) is 2.32. The molecular weight excluding hydrogens is 262 g/mol. The zero-order chi connectivity index (χ0) is 13.9. The van der Waals surface area contributed by atoms with E-state index in [4.69, 9.17) is 14.2 Å². The predicted molar refractivity (Wildman–Crippen MR) is 70.2 cm³/mol. The molecule has 1 aromatic rings. The van der Waals surface area contributed by atoms with E-state index >= 15 is 0 Å². The maximum absolute atomic E-state index is 11.2. The smallest absolute Gasteiger partial charge is 0.323 e. The Bertz CT molecular complexity index is 492. The first kappa shape index (κ1) is 13.2. The minimum absolute atomic E-state index is 0.162. The quantitative estimate of drug-likeness (QED) is 0.874. The molecule has 3 rings (SSSR count). The van der Waals surface area contributed by atoms with Gasteiger partial charge in [0.1, 0.15) is 18.8 Å². The minimum Gasteiger partial charge on any atom is -0.486 e. The van der Waals surface area contributed by atoms with Crippen LogP contribution < -0.4 is 9.47 Å². The van der Waals surface area contributed by atoms with Crippen LogP contribution in [0.25, 0.3) is 0 Å². The Balaban J connectivity index is 1.65. The minimum atomic E-state index is -0.859. The lowest BCUT2D eigenvalue weighted by Gasteiger charge is -2.36. The van der Waals surface area contributed by atoms with E-state index in [0.717, 1.165) is 5.75 Å². The van der Waals surface area contributed by atoms with Gasteiger partial charge in [0.15, 0.2) is 11.5 Å². The third kappa shape index (κ3) is 2.71. The zero-order valence-corrected chi connectivity index (χ0v) is 11.0. The van der Waals surface area contributed by atoms with Crippen LogP contribution in [0.3, 0.4) is 0 Å². The van der Waals surface area contributed by atoms with Crippen molar-refractivity contribution in [2.75, 3.05) is 32.9 Å². The number of carboxylic acids is 1. The first-order valence-electron chi connectivity index (χ1n) is 6.67. The Labute approximate surface area is 116 Å². The number of hydrogen-bond donors (Lipinski definition) is 1. The second-order valence-electron chi connectivity index (χ2n) is 4.92. The Morgan fingerprint density at radius 3 is 2.90 bits per heavy atom. The van der Waals surface area contributed by atoms with Crippen molar-refractivity contribution in [1.29, 1.82) is 0 Å². The summed E-state index contributed by atoms with van der Waals surface area (Å²) in [5.41, 5.74) is 0. The van der Waals surface area contributed by atoms with E-state index in [-0.39, 0.29) is 12.7 Å². The number of benzene rings is 1. The normalized spacial score (nSPS) is 26.2. The lowest BCUT2D eigenvalue weighted by molar-refractivity contribution is -0.150. The van der Waals surface area contributed by atoms with Gasteiger partial charge in [-0.1, -0.05) is 12.1 Å². The lowest BCUT2D eigenvalue weighted by Crippen LogP contribution is -2.54. The second kappa shape index (κ2) is 5.68. The molecule has 0 aliphatic carbocycles. The summed E-state index contributed by atoms with van der Waals surface area (Å²) in [6.07, 6.45) is -0.162. The molecule has 0 amide bonds. The third-order valence-corrected chi connectivity index (χ3v) is 3.53. The Morgan fingerprint density at radius 2 is 2.10 bits per heavy atom. The molecule has 6 heteroatoms. The van der Waals surface area contributed by atoms with Crippen LogP contribution in [0.15, 0.2) is 24.3 Å². The van der Waals surface area contributed by atoms with Crippen molar-refractivity contribution in [1.82, 2.24) is 4.90 Å². The maximum atomic E-state index is 11.2. The molecule has 2 aliphatic rings. The van der Waals surface area contributed by atoms with E-state index in [9.17, 15) is 9.90 Å². The van der Waals surface area contributed by atoms with Crippen molar-refractivity contribution >= 4 is 5.97 Å². The van der Waals surface area contributed by atoms with Crippen LogP contribution in [-0.4, -0.2) is 61.0 Å². The zero-order valence-electron chi connectivity index (χ0n) is 11.0. The fourth-order valence-electron chi connectivity index (χ4n) is 2.50. The molecule has 0 bridgehead atoms. The highest BCUT2D eigenvalue weighted by atomic mass is 16.6. The van der Waals surface area contributed by atoms with Gasteiger partial charge in [-0.05, 0) is 12.1 Å². The molecule has 6 nitrogen and oxygen atoms in total. The molecule has 1 saturated heterocycles. The average molecular weight is 279 g/mol. The fraction of sp³-hybridized carbons (Fsp3) is 0.500. The summed E-state index contributed by atoms with van der Waals surface area (Å²) in [6, 6.07) is 6.89. The van der Waals surface area contributed by atoms with Crippen molar-refractivity contribution in [3.8, 4) is 11.5 Å². The van der Waals surface area contributed by atoms with E-state index in [2.05, 4.69) is 0 Å². The number of ether oxygens (including phenoxy) is 3. The molecule has 0 spiro atoms. The summed E-state index contributed by atoms with van der Waals surface area (Å²) in [7, 11) is 0. The molecule has 1 aromatic carbocycles. The van der Waals surface area contributed by atoms with Gasteiger partial charge in [0.2, 0.25) is 0 Å². The number of hydrogen-bond acceptors (Lipinski definition) is 5. The SMILES string of the molecule is O=C(O)C1COCCN1CC1COc2ccccc2O1. The number of para-hydroxylation sites is 2. The molecule has 1 fully saturated rings. The number of aliphatic carboxylic acids is 1. The summed E-state index contributed by atoms with van der Waals surface area (Å²) in [5, 5.41) is 9.20. The number of carbonyl (C=O) groups is 1. The van der Waals surface area contributed by atoms with Gasteiger partial charge in [-0.2, -0.15) is 0 Å². The molecule has 20 heavy (non-hydrogen) atoms. The highest BCUT2D eigenvalue weighted by Gasteiger charge is 2.32. The van der Waals surface area contributed by atoms with E-state index in [1.807, 2.05) is 29.2 Å². The van der Waals surface area contributed by atoms with E-state index in [0.29, 0.717) is 32.1 Å². The molecule has 2 heterocycles. The van der Waals surface area contributed by atoms with E-state index in [1.54, 1.807) is 0 Å². The van der Waals surface area contributed by atoms with Crippen LogP contribution in [-0.2, 0) is 9.53 Å². The van der Waals surface area contributed by atoms with Crippen molar-refractivity contribution < 1.29 is 24.1 Å². The summed E-state index contributed by atoms with van der Waals surface area (Å²) >= 11 is 0. The van der Waals surface area contributed by atoms with Crippen LogP contribution >= 0.6 is 0 Å². The summed E-state index contributed by atoms with van der Waals surface area (Å²) in [4.78, 5) is 13.1. The van der Waals surface area contributed by atoms with Crippen LogP contribution in [0.4, 0.5) is 0 Å². The first-order chi connectivity index (χ1) is 9.74. The maximum Gasteiger partial charge on any atom is 0.323 e. The van der Waals surface area contributed by atoms with Gasteiger partial charge in [0.25, 0.3) is 0 Å². The topological polar surface area (TPSA) is 68.2 Å². The number of carboxylic acid groups (broad SMARTS) is 1. The van der Waals surface area contributed by atoms with Gasteiger partial charge in [0.05, 0.1) is 13.2 Å². The van der Waals surface area contributed by atoms with Crippen molar-refractivity contribution in [3.05, 3.63) is 24.3 Å². The molecule has 0 saturated carbocycles. The van der Waals surface area contributed by atoms with Crippen LogP contribution in [0.5, 0.6) is 11.5 Å². The predicted octanol–water partition coefficient (Wildman–Crippen LogP) is 0.612. The molecule has 2 unspecified atom stereocenters. The van der Waals surface area contributed by atoms with Crippen molar-refractivity contribution in [2.24, 2.45) is 0 Å². The number of fused-ring (bicyclic) bond motifs is 1. The number of nitrogens with zero attached hydrogens (tertiary/aromatic N) is 1. The molecule has 0 radical (unpaired) electrons. The Hall–Kier alpha value is -1.79. The van der Waals surface area contributed by atoms with E-state index < -0.39 is 12.0 Å². The second-order valence-corrected chi connectivity index (χ2v) is 4.92. The van der Waals surface area contributed by atoms with Gasteiger partial charge < -0.3 is 19.3 Å². The highest BCUT2D eigenvalue weighted by molar-refractivity contribution is 5.73. The monoisotopic (exact) mass is 279 g/mol. The third-order valence-electron chi connectivity index (χ3n) is 3.53.